The third-order valence-electron chi connectivity index (χ3n) is 2.15. The molecule has 0 amide bonds. The molecule has 0 saturated heterocycles. The molecule has 72 valence electrons. The van der Waals surface area contributed by atoms with Crippen molar-refractivity contribution in [3.8, 4) is 0 Å². The Bertz CT molecular complexity index is 289. The number of hydrogen-bond donors (Lipinski definition) is 3. The number of nitrogens with two attached hydrogens (primary N) is 2. The minimum absolute atomic E-state index is 0.265. The lowest BCUT2D eigenvalue weighted by molar-refractivity contribution is 0.656. The molecule has 1 aromatic rings. The molecule has 0 spiro atoms. The van der Waals surface area contributed by atoms with E-state index in [4.69, 9.17) is 11.6 Å². The summed E-state index contributed by atoms with van der Waals surface area (Å²) in [4.78, 5) is 0. The Balaban J connectivity index is 1.82. The zero-order valence-electron chi connectivity index (χ0n) is 7.40. The second kappa shape index (κ2) is 3.21. The summed E-state index contributed by atoms with van der Waals surface area (Å²) >= 11 is 0. The SMILES string of the molecule is Nc1nnc(CCNC2CC2)n1N. The number of anilines is 1. The average molecular weight is 182 g/mol. The fraction of sp³-hybridized carbons (Fsp3) is 0.714. The first-order valence-electron chi connectivity index (χ1n) is 4.45. The van der Waals surface area contributed by atoms with Gasteiger partial charge in [0.2, 0.25) is 5.95 Å². The number of nitrogens with one attached hydrogen (secondary N) is 1. The van der Waals surface area contributed by atoms with Crippen LogP contribution in [0.3, 0.4) is 0 Å². The molecule has 1 saturated carbocycles. The van der Waals surface area contributed by atoms with Gasteiger partial charge in [0.1, 0.15) is 0 Å². The van der Waals surface area contributed by atoms with Crippen molar-refractivity contribution in [2.75, 3.05) is 18.1 Å². The molecule has 1 fully saturated rings. The van der Waals surface area contributed by atoms with Gasteiger partial charge in [-0.05, 0) is 12.8 Å². The van der Waals surface area contributed by atoms with Gasteiger partial charge in [-0.3, -0.25) is 0 Å². The standard InChI is InChI=1S/C7H14N6/c8-7-12-11-6(13(7)9)3-4-10-5-1-2-5/h5,10H,1-4,9H2,(H2,8,12). The van der Waals surface area contributed by atoms with Crippen LogP contribution in [0.1, 0.15) is 18.7 Å². The van der Waals surface area contributed by atoms with Crippen molar-refractivity contribution in [1.29, 1.82) is 0 Å². The van der Waals surface area contributed by atoms with Crippen LogP contribution in [0.5, 0.6) is 0 Å². The summed E-state index contributed by atoms with van der Waals surface area (Å²) in [5, 5.41) is 10.9. The monoisotopic (exact) mass is 182 g/mol. The topological polar surface area (TPSA) is 94.8 Å². The molecule has 0 aliphatic heterocycles. The Morgan fingerprint density at radius 3 is 2.77 bits per heavy atom. The number of nitrogens with zero attached hydrogens (tertiary/aromatic N) is 3. The molecule has 1 aromatic heterocycles. The first kappa shape index (κ1) is 8.31. The summed E-state index contributed by atoms with van der Waals surface area (Å²) in [7, 11) is 0. The predicted molar refractivity (Wildman–Crippen MR) is 49.3 cm³/mol. The molecule has 0 unspecified atom stereocenters. The van der Waals surface area contributed by atoms with Crippen molar-refractivity contribution in [1.82, 2.24) is 20.2 Å². The molecule has 1 aliphatic carbocycles. The highest BCUT2D eigenvalue weighted by Gasteiger charge is 2.20. The van der Waals surface area contributed by atoms with Crippen LogP contribution in [0.2, 0.25) is 0 Å². The van der Waals surface area contributed by atoms with Gasteiger partial charge in [0.05, 0.1) is 0 Å². The lowest BCUT2D eigenvalue weighted by Gasteiger charge is -2.01. The van der Waals surface area contributed by atoms with Crippen molar-refractivity contribution in [3.63, 3.8) is 0 Å². The number of nitrogen functional groups attached to an aromatic ring is 2. The maximum absolute atomic E-state index is 5.57. The van der Waals surface area contributed by atoms with E-state index >= 15 is 0 Å². The minimum Gasteiger partial charge on any atom is -0.366 e. The van der Waals surface area contributed by atoms with Gasteiger partial charge in [-0.15, -0.1) is 10.2 Å². The molecular weight excluding hydrogens is 168 g/mol. The summed E-state index contributed by atoms with van der Waals surface area (Å²) in [6, 6.07) is 0.714. The summed E-state index contributed by atoms with van der Waals surface area (Å²) in [5.74, 6) is 6.57. The van der Waals surface area contributed by atoms with Crippen LogP contribution in [0.4, 0.5) is 5.95 Å². The van der Waals surface area contributed by atoms with E-state index < -0.39 is 0 Å². The van der Waals surface area contributed by atoms with Crippen LogP contribution >= 0.6 is 0 Å². The van der Waals surface area contributed by atoms with E-state index in [1.807, 2.05) is 0 Å². The maximum Gasteiger partial charge on any atom is 0.240 e. The van der Waals surface area contributed by atoms with Crippen LogP contribution < -0.4 is 16.9 Å². The molecule has 6 heteroatoms. The second-order valence-corrected chi connectivity index (χ2v) is 3.32. The Hall–Kier alpha value is -1.30. The first-order chi connectivity index (χ1) is 6.27. The highest BCUT2D eigenvalue weighted by Crippen LogP contribution is 2.18. The Labute approximate surface area is 76.3 Å². The molecule has 0 aromatic carbocycles. The molecule has 0 atom stereocenters. The van der Waals surface area contributed by atoms with Crippen LogP contribution in [-0.2, 0) is 6.42 Å². The Morgan fingerprint density at radius 1 is 1.46 bits per heavy atom. The lowest BCUT2D eigenvalue weighted by atomic mass is 10.4. The van der Waals surface area contributed by atoms with Crippen LogP contribution in [0.25, 0.3) is 0 Å². The Kier molecular flexibility index (Phi) is 2.05. The number of hydrogen-bond acceptors (Lipinski definition) is 5. The third kappa shape index (κ3) is 1.89. The zero-order chi connectivity index (χ0) is 9.26. The molecular formula is C7H14N6. The van der Waals surface area contributed by atoms with Crippen LogP contribution in [-0.4, -0.2) is 27.5 Å². The fourth-order valence-corrected chi connectivity index (χ4v) is 1.18. The number of rotatable bonds is 4. The van der Waals surface area contributed by atoms with Gasteiger partial charge in [0.25, 0.3) is 0 Å². The molecule has 0 radical (unpaired) electrons. The molecule has 2 rings (SSSR count). The van der Waals surface area contributed by atoms with Gasteiger partial charge in [-0.2, -0.15) is 0 Å². The number of aromatic nitrogens is 3. The minimum atomic E-state index is 0.265. The molecule has 1 heterocycles. The molecule has 1 aliphatic rings. The summed E-state index contributed by atoms with van der Waals surface area (Å²) in [5.41, 5.74) is 5.43. The lowest BCUT2D eigenvalue weighted by Crippen LogP contribution is -2.23. The maximum atomic E-state index is 5.57. The van der Waals surface area contributed by atoms with Gasteiger partial charge in [-0.1, -0.05) is 0 Å². The second-order valence-electron chi connectivity index (χ2n) is 3.32. The quantitative estimate of drug-likeness (QED) is 0.512. The van der Waals surface area contributed by atoms with Gasteiger partial charge in [0, 0.05) is 19.0 Å². The predicted octanol–water partition coefficient (Wildman–Crippen LogP) is -1.13. The smallest absolute Gasteiger partial charge is 0.240 e. The average Bonchev–Trinajstić information content (AvgIpc) is 2.88. The highest BCUT2D eigenvalue weighted by molar-refractivity contribution is 5.17. The van der Waals surface area contributed by atoms with E-state index in [-0.39, 0.29) is 5.95 Å². The highest BCUT2D eigenvalue weighted by atomic mass is 15.4. The van der Waals surface area contributed by atoms with Crippen molar-refractivity contribution < 1.29 is 0 Å². The van der Waals surface area contributed by atoms with Gasteiger partial charge in [-0.25, -0.2) is 4.68 Å². The zero-order valence-corrected chi connectivity index (χ0v) is 7.40. The van der Waals surface area contributed by atoms with E-state index in [0.29, 0.717) is 6.04 Å². The summed E-state index contributed by atoms with van der Waals surface area (Å²) < 4.78 is 1.33. The molecule has 13 heavy (non-hydrogen) atoms. The van der Waals surface area contributed by atoms with E-state index in [1.54, 1.807) is 0 Å². The normalized spacial score (nSPS) is 16.3. The molecule has 6 nitrogen and oxygen atoms in total. The molecule has 0 bridgehead atoms. The fourth-order valence-electron chi connectivity index (χ4n) is 1.18. The van der Waals surface area contributed by atoms with Crippen molar-refractivity contribution in [2.45, 2.75) is 25.3 Å². The van der Waals surface area contributed by atoms with Crippen LogP contribution in [0, 0.1) is 0 Å². The van der Waals surface area contributed by atoms with E-state index in [9.17, 15) is 0 Å². The summed E-state index contributed by atoms with van der Waals surface area (Å²) in [6.07, 6.45) is 3.35. The van der Waals surface area contributed by atoms with Crippen molar-refractivity contribution >= 4 is 5.95 Å². The summed E-state index contributed by atoms with van der Waals surface area (Å²) in [6.45, 7) is 0.889. The largest absolute Gasteiger partial charge is 0.366 e. The van der Waals surface area contributed by atoms with Gasteiger partial charge < -0.3 is 16.9 Å². The van der Waals surface area contributed by atoms with E-state index in [0.717, 1.165) is 18.8 Å². The van der Waals surface area contributed by atoms with Crippen molar-refractivity contribution in [3.05, 3.63) is 5.82 Å². The Morgan fingerprint density at radius 2 is 2.23 bits per heavy atom. The first-order valence-corrected chi connectivity index (χ1v) is 4.45. The molecule has 5 N–H and O–H groups in total. The van der Waals surface area contributed by atoms with Gasteiger partial charge in [0.15, 0.2) is 5.82 Å². The van der Waals surface area contributed by atoms with Gasteiger partial charge >= 0.3 is 0 Å². The van der Waals surface area contributed by atoms with Crippen molar-refractivity contribution in [2.24, 2.45) is 0 Å². The third-order valence-corrected chi connectivity index (χ3v) is 2.15. The van der Waals surface area contributed by atoms with Crippen LogP contribution in [0.15, 0.2) is 0 Å². The van der Waals surface area contributed by atoms with E-state index in [1.165, 1.54) is 17.5 Å². The van der Waals surface area contributed by atoms with E-state index in [2.05, 4.69) is 15.5 Å².